The molecule has 3 atom stereocenters. The van der Waals surface area contributed by atoms with Crippen LogP contribution in [-0.2, 0) is 21.2 Å². The minimum Gasteiger partial charge on any atom is -0.372 e. The molecule has 2 aliphatic rings. The molecule has 5 nitrogen and oxygen atoms in total. The fourth-order valence-corrected chi connectivity index (χ4v) is 5.18. The SMILES string of the molecule is Cc1cc(C(C)OC[C@@]2(c3ccccc3)CC[C@](C#N)(N3CCCC3=O)CN2)cc(C(F)(F)F)c1. The molecule has 1 amide bonds. The molecule has 2 heterocycles. The van der Waals surface area contributed by atoms with Gasteiger partial charge in [0.2, 0.25) is 5.91 Å². The molecule has 2 saturated heterocycles. The second-order valence-electron chi connectivity index (χ2n) is 9.68. The van der Waals surface area contributed by atoms with Crippen molar-refractivity contribution in [3.63, 3.8) is 0 Å². The maximum absolute atomic E-state index is 13.3. The van der Waals surface area contributed by atoms with E-state index < -0.39 is 28.9 Å². The number of aryl methyl sites for hydroxylation is 1. The zero-order valence-corrected chi connectivity index (χ0v) is 20.0. The standard InChI is InChI=1S/C27H30F3N3O2/c1-19-13-21(15-23(14-19)27(28,29)30)20(2)35-18-26(22-7-4-3-5-8-22)11-10-25(16-31,17-32-26)33-12-6-9-24(33)34/h3-5,7-8,13-15,20,32H,6,9-12,17-18H2,1-2H3/t20?,25-,26-/m1/s1. The Bertz CT molecular complexity index is 1100. The predicted molar refractivity (Wildman–Crippen MR) is 125 cm³/mol. The number of nitrogens with zero attached hydrogens (tertiary/aromatic N) is 2. The first kappa shape index (κ1) is 25.2. The molecule has 0 aliphatic carbocycles. The van der Waals surface area contributed by atoms with Crippen LogP contribution in [-0.4, -0.2) is 36.0 Å². The summed E-state index contributed by atoms with van der Waals surface area (Å²) in [4.78, 5) is 14.1. The summed E-state index contributed by atoms with van der Waals surface area (Å²) in [7, 11) is 0. The number of amides is 1. The quantitative estimate of drug-likeness (QED) is 0.607. The number of ether oxygens (including phenoxy) is 1. The normalized spacial score (nSPS) is 25.9. The number of nitriles is 1. The van der Waals surface area contributed by atoms with Crippen LogP contribution >= 0.6 is 0 Å². The number of piperidine rings is 1. The van der Waals surface area contributed by atoms with E-state index in [-0.39, 0.29) is 12.5 Å². The molecule has 4 rings (SSSR count). The molecule has 2 aliphatic heterocycles. The number of halogens is 3. The lowest BCUT2D eigenvalue weighted by Gasteiger charge is -2.48. The van der Waals surface area contributed by atoms with Gasteiger partial charge in [-0.1, -0.05) is 42.0 Å². The number of hydrogen-bond acceptors (Lipinski definition) is 4. The Morgan fingerprint density at radius 2 is 1.94 bits per heavy atom. The van der Waals surface area contributed by atoms with Crippen LogP contribution in [0.5, 0.6) is 0 Å². The Morgan fingerprint density at radius 3 is 2.51 bits per heavy atom. The van der Waals surface area contributed by atoms with Crippen LogP contribution in [0.1, 0.15) is 61.0 Å². The van der Waals surface area contributed by atoms with Crippen LogP contribution in [0.4, 0.5) is 13.2 Å². The first-order chi connectivity index (χ1) is 16.6. The summed E-state index contributed by atoms with van der Waals surface area (Å²) in [6, 6.07) is 16.1. The van der Waals surface area contributed by atoms with Crippen molar-refractivity contribution in [3.8, 4) is 6.07 Å². The van der Waals surface area contributed by atoms with Gasteiger partial charge in [-0.05, 0) is 56.4 Å². The van der Waals surface area contributed by atoms with Gasteiger partial charge in [0.1, 0.15) is 5.54 Å². The van der Waals surface area contributed by atoms with Gasteiger partial charge in [0, 0.05) is 19.5 Å². The van der Waals surface area contributed by atoms with Crippen molar-refractivity contribution in [3.05, 3.63) is 70.8 Å². The van der Waals surface area contributed by atoms with Crippen molar-refractivity contribution >= 4 is 5.91 Å². The topological polar surface area (TPSA) is 65.4 Å². The molecule has 1 N–H and O–H groups in total. The minimum atomic E-state index is -4.43. The third kappa shape index (κ3) is 5.07. The van der Waals surface area contributed by atoms with Gasteiger partial charge in [0.05, 0.1) is 29.9 Å². The summed E-state index contributed by atoms with van der Waals surface area (Å²) >= 11 is 0. The number of alkyl halides is 3. The van der Waals surface area contributed by atoms with Crippen molar-refractivity contribution in [1.82, 2.24) is 10.2 Å². The summed E-state index contributed by atoms with van der Waals surface area (Å²) in [5.41, 5.74) is -0.263. The van der Waals surface area contributed by atoms with Gasteiger partial charge in [-0.25, -0.2) is 0 Å². The molecule has 0 radical (unpaired) electrons. The molecule has 2 aromatic carbocycles. The van der Waals surface area contributed by atoms with E-state index in [9.17, 15) is 23.2 Å². The highest BCUT2D eigenvalue weighted by atomic mass is 19.4. The Balaban J connectivity index is 1.56. The van der Waals surface area contributed by atoms with Crippen molar-refractivity contribution in [2.75, 3.05) is 19.7 Å². The monoisotopic (exact) mass is 485 g/mol. The maximum atomic E-state index is 13.3. The average molecular weight is 486 g/mol. The fraction of sp³-hybridized carbons (Fsp3) is 0.481. The summed E-state index contributed by atoms with van der Waals surface area (Å²) in [5.74, 6) is 0.00495. The highest BCUT2D eigenvalue weighted by molar-refractivity contribution is 5.79. The largest absolute Gasteiger partial charge is 0.416 e. The minimum absolute atomic E-state index is 0.00495. The maximum Gasteiger partial charge on any atom is 0.416 e. The Morgan fingerprint density at radius 1 is 1.20 bits per heavy atom. The molecule has 0 bridgehead atoms. The summed E-state index contributed by atoms with van der Waals surface area (Å²) in [5, 5.41) is 13.6. The molecule has 0 spiro atoms. The van der Waals surface area contributed by atoms with Gasteiger partial charge < -0.3 is 15.0 Å². The van der Waals surface area contributed by atoms with E-state index in [1.54, 1.807) is 24.8 Å². The van der Waals surface area contributed by atoms with Gasteiger partial charge in [0.15, 0.2) is 0 Å². The van der Waals surface area contributed by atoms with Crippen molar-refractivity contribution in [2.45, 2.75) is 62.9 Å². The molecule has 8 heteroatoms. The van der Waals surface area contributed by atoms with E-state index in [0.29, 0.717) is 43.5 Å². The number of benzene rings is 2. The lowest BCUT2D eigenvalue weighted by atomic mass is 9.76. The predicted octanol–water partition coefficient (Wildman–Crippen LogP) is 5.26. The number of nitrogens with one attached hydrogen (secondary N) is 1. The van der Waals surface area contributed by atoms with Gasteiger partial charge in [-0.2, -0.15) is 18.4 Å². The van der Waals surface area contributed by atoms with E-state index in [0.717, 1.165) is 24.1 Å². The van der Waals surface area contributed by atoms with Crippen LogP contribution in [0.15, 0.2) is 48.5 Å². The number of rotatable bonds is 6. The van der Waals surface area contributed by atoms with Crippen LogP contribution in [0.3, 0.4) is 0 Å². The molecule has 2 fully saturated rings. The molecule has 0 aromatic heterocycles. The second-order valence-corrected chi connectivity index (χ2v) is 9.68. The van der Waals surface area contributed by atoms with Crippen molar-refractivity contribution < 1.29 is 22.7 Å². The summed E-state index contributed by atoms with van der Waals surface area (Å²) < 4.78 is 46.2. The zero-order valence-electron chi connectivity index (χ0n) is 20.0. The van der Waals surface area contributed by atoms with E-state index in [2.05, 4.69) is 11.4 Å². The molecular weight excluding hydrogens is 455 g/mol. The summed E-state index contributed by atoms with van der Waals surface area (Å²) in [6.07, 6.45) is -2.75. The molecule has 2 aromatic rings. The number of carbonyl (C=O) groups is 1. The van der Waals surface area contributed by atoms with Gasteiger partial charge in [0.25, 0.3) is 0 Å². The van der Waals surface area contributed by atoms with Crippen molar-refractivity contribution in [2.24, 2.45) is 0 Å². The number of carbonyl (C=O) groups excluding carboxylic acids is 1. The molecular formula is C27H30F3N3O2. The fourth-order valence-electron chi connectivity index (χ4n) is 5.18. The average Bonchev–Trinajstić information content (AvgIpc) is 3.29. The smallest absolute Gasteiger partial charge is 0.372 e. The zero-order chi connectivity index (χ0) is 25.3. The molecule has 0 saturated carbocycles. The van der Waals surface area contributed by atoms with E-state index in [1.807, 2.05) is 30.3 Å². The first-order valence-electron chi connectivity index (χ1n) is 11.9. The third-order valence-corrected chi connectivity index (χ3v) is 7.29. The lowest BCUT2D eigenvalue weighted by Crippen LogP contribution is -2.64. The van der Waals surface area contributed by atoms with Crippen LogP contribution in [0.25, 0.3) is 0 Å². The highest BCUT2D eigenvalue weighted by Gasteiger charge is 2.49. The Kier molecular flexibility index (Phi) is 6.94. The van der Waals surface area contributed by atoms with E-state index >= 15 is 0 Å². The third-order valence-electron chi connectivity index (χ3n) is 7.29. The number of likely N-dealkylation sites (tertiary alicyclic amines) is 1. The Labute approximate surface area is 203 Å². The number of hydrogen-bond donors (Lipinski definition) is 1. The summed E-state index contributed by atoms with van der Waals surface area (Å²) in [6.45, 7) is 4.47. The van der Waals surface area contributed by atoms with Gasteiger partial charge >= 0.3 is 6.18 Å². The van der Waals surface area contributed by atoms with E-state index in [1.165, 1.54) is 0 Å². The first-order valence-corrected chi connectivity index (χ1v) is 11.9. The Hall–Kier alpha value is -2.89. The lowest BCUT2D eigenvalue weighted by molar-refractivity contribution is -0.137. The van der Waals surface area contributed by atoms with Gasteiger partial charge in [-0.15, -0.1) is 0 Å². The molecule has 35 heavy (non-hydrogen) atoms. The van der Waals surface area contributed by atoms with Crippen LogP contribution in [0, 0.1) is 18.3 Å². The van der Waals surface area contributed by atoms with Crippen LogP contribution < -0.4 is 5.32 Å². The van der Waals surface area contributed by atoms with Crippen LogP contribution in [0.2, 0.25) is 0 Å². The van der Waals surface area contributed by atoms with Gasteiger partial charge in [-0.3, -0.25) is 4.79 Å². The molecule has 186 valence electrons. The second kappa shape index (κ2) is 9.63. The van der Waals surface area contributed by atoms with E-state index in [4.69, 9.17) is 4.74 Å². The molecule has 1 unspecified atom stereocenters. The van der Waals surface area contributed by atoms with Crippen molar-refractivity contribution in [1.29, 1.82) is 5.26 Å². The highest BCUT2D eigenvalue weighted by Crippen LogP contribution is 2.39.